The van der Waals surface area contributed by atoms with Gasteiger partial charge in [-0.05, 0) is 30.8 Å². The number of para-hydroxylation sites is 2. The fraction of sp³-hybridized carbons (Fsp3) is 0.188. The normalized spacial score (nSPS) is 10.1. The highest BCUT2D eigenvalue weighted by molar-refractivity contribution is 5.92. The maximum absolute atomic E-state index is 11.9. The van der Waals surface area contributed by atoms with E-state index in [1.165, 1.54) is 0 Å². The van der Waals surface area contributed by atoms with E-state index >= 15 is 0 Å². The Morgan fingerprint density at radius 2 is 1.75 bits per heavy atom. The lowest BCUT2D eigenvalue weighted by Crippen LogP contribution is -2.21. The highest BCUT2D eigenvalue weighted by Gasteiger charge is 2.06. The summed E-state index contributed by atoms with van der Waals surface area (Å²) in [5.74, 6) is 0.517. The molecule has 0 aromatic heterocycles. The van der Waals surface area contributed by atoms with Crippen LogP contribution in [0.3, 0.4) is 0 Å². The van der Waals surface area contributed by atoms with Crippen LogP contribution >= 0.6 is 0 Å². The minimum absolute atomic E-state index is 0.00208. The lowest BCUT2D eigenvalue weighted by Gasteiger charge is -2.11. The second-order valence-electron chi connectivity index (χ2n) is 4.34. The van der Waals surface area contributed by atoms with Crippen molar-refractivity contribution in [2.45, 2.75) is 6.54 Å². The molecule has 0 saturated carbocycles. The molecule has 0 saturated heterocycles. The molecule has 0 spiro atoms. The van der Waals surface area contributed by atoms with E-state index in [4.69, 9.17) is 4.74 Å². The van der Waals surface area contributed by atoms with Crippen LogP contribution in [-0.4, -0.2) is 19.6 Å². The number of ether oxygens (including phenoxy) is 1. The number of benzene rings is 2. The molecule has 2 rings (SSSR count). The first-order valence-corrected chi connectivity index (χ1v) is 6.50. The Bertz CT molecular complexity index is 555. The topological polar surface area (TPSA) is 50.4 Å². The van der Waals surface area contributed by atoms with E-state index in [-0.39, 0.29) is 12.5 Å². The monoisotopic (exact) mass is 270 g/mol. The van der Waals surface area contributed by atoms with Crippen LogP contribution in [0.25, 0.3) is 0 Å². The van der Waals surface area contributed by atoms with Crippen LogP contribution < -0.4 is 15.4 Å². The van der Waals surface area contributed by atoms with E-state index in [1.54, 1.807) is 0 Å². The summed E-state index contributed by atoms with van der Waals surface area (Å²) in [6.45, 7) is 0.702. The van der Waals surface area contributed by atoms with Gasteiger partial charge in [-0.15, -0.1) is 0 Å². The molecule has 0 fully saturated rings. The summed E-state index contributed by atoms with van der Waals surface area (Å²) in [6.07, 6.45) is 0. The van der Waals surface area contributed by atoms with Crippen molar-refractivity contribution in [2.24, 2.45) is 0 Å². The summed E-state index contributed by atoms with van der Waals surface area (Å²) in [5, 5.41) is 5.93. The predicted molar refractivity (Wildman–Crippen MR) is 79.8 cm³/mol. The minimum Gasteiger partial charge on any atom is -0.484 e. The summed E-state index contributed by atoms with van der Waals surface area (Å²) >= 11 is 0. The molecule has 20 heavy (non-hydrogen) atoms. The van der Waals surface area contributed by atoms with Gasteiger partial charge >= 0.3 is 0 Å². The Morgan fingerprint density at radius 1 is 1.05 bits per heavy atom. The quantitative estimate of drug-likeness (QED) is 0.847. The molecule has 0 aliphatic carbocycles. The molecule has 0 radical (unpaired) electrons. The molecular weight excluding hydrogens is 252 g/mol. The van der Waals surface area contributed by atoms with Gasteiger partial charge in [-0.1, -0.05) is 36.4 Å². The first-order valence-electron chi connectivity index (χ1n) is 6.50. The van der Waals surface area contributed by atoms with Gasteiger partial charge in [0.15, 0.2) is 6.61 Å². The van der Waals surface area contributed by atoms with Gasteiger partial charge < -0.3 is 15.4 Å². The molecule has 2 N–H and O–H groups in total. The highest BCUT2D eigenvalue weighted by Crippen LogP contribution is 2.15. The zero-order valence-electron chi connectivity index (χ0n) is 11.4. The van der Waals surface area contributed by atoms with Gasteiger partial charge in [-0.25, -0.2) is 0 Å². The van der Waals surface area contributed by atoms with Crippen molar-refractivity contribution in [3.8, 4) is 5.75 Å². The third-order valence-electron chi connectivity index (χ3n) is 2.77. The van der Waals surface area contributed by atoms with Crippen molar-refractivity contribution in [1.29, 1.82) is 0 Å². The van der Waals surface area contributed by atoms with Crippen LogP contribution in [0.1, 0.15) is 5.56 Å². The van der Waals surface area contributed by atoms with Crippen molar-refractivity contribution < 1.29 is 9.53 Å². The lowest BCUT2D eigenvalue weighted by molar-refractivity contribution is -0.118. The average molecular weight is 270 g/mol. The van der Waals surface area contributed by atoms with E-state index in [9.17, 15) is 4.79 Å². The minimum atomic E-state index is -0.169. The first kappa shape index (κ1) is 14.1. The molecule has 104 valence electrons. The number of rotatable bonds is 6. The summed E-state index contributed by atoms with van der Waals surface area (Å²) in [5.41, 5.74) is 1.85. The lowest BCUT2D eigenvalue weighted by atomic mass is 10.2. The van der Waals surface area contributed by atoms with Gasteiger partial charge in [-0.3, -0.25) is 4.79 Å². The molecule has 2 aromatic rings. The number of amides is 1. The second kappa shape index (κ2) is 7.31. The van der Waals surface area contributed by atoms with Crippen LogP contribution in [0.2, 0.25) is 0 Å². The first-order chi connectivity index (χ1) is 9.79. The molecule has 1 amide bonds. The Morgan fingerprint density at radius 3 is 2.50 bits per heavy atom. The fourth-order valence-corrected chi connectivity index (χ4v) is 1.84. The molecule has 0 unspecified atom stereocenters. The number of carbonyl (C=O) groups excluding carboxylic acids is 1. The maximum atomic E-state index is 11.9. The summed E-state index contributed by atoms with van der Waals surface area (Å²) in [7, 11) is 1.87. The van der Waals surface area contributed by atoms with Crippen LogP contribution in [-0.2, 0) is 11.3 Å². The second-order valence-corrected chi connectivity index (χ2v) is 4.34. The van der Waals surface area contributed by atoms with Crippen LogP contribution in [0.5, 0.6) is 5.75 Å². The summed E-state index contributed by atoms with van der Waals surface area (Å²) in [4.78, 5) is 11.9. The SMILES string of the molecule is CNCc1ccccc1NC(=O)COc1ccccc1. The summed E-state index contributed by atoms with van der Waals surface area (Å²) in [6, 6.07) is 17.0. The number of carbonyl (C=O) groups is 1. The molecule has 0 aliphatic rings. The highest BCUT2D eigenvalue weighted by atomic mass is 16.5. The van der Waals surface area contributed by atoms with Crippen molar-refractivity contribution in [1.82, 2.24) is 5.32 Å². The molecule has 2 aromatic carbocycles. The zero-order valence-corrected chi connectivity index (χ0v) is 11.4. The predicted octanol–water partition coefficient (Wildman–Crippen LogP) is 2.42. The van der Waals surface area contributed by atoms with Gasteiger partial charge in [0, 0.05) is 12.2 Å². The summed E-state index contributed by atoms with van der Waals surface area (Å²) < 4.78 is 5.41. The molecule has 0 atom stereocenters. The third-order valence-corrected chi connectivity index (χ3v) is 2.77. The third kappa shape index (κ3) is 4.10. The molecule has 4 nitrogen and oxygen atoms in total. The Balaban J connectivity index is 1.91. The largest absolute Gasteiger partial charge is 0.484 e. The number of hydrogen-bond acceptors (Lipinski definition) is 3. The van der Waals surface area contributed by atoms with Gasteiger partial charge in [0.2, 0.25) is 0 Å². The number of nitrogens with one attached hydrogen (secondary N) is 2. The van der Waals surface area contributed by atoms with Crippen LogP contribution in [0.15, 0.2) is 54.6 Å². The van der Waals surface area contributed by atoms with Crippen LogP contribution in [0.4, 0.5) is 5.69 Å². The van der Waals surface area contributed by atoms with E-state index in [0.29, 0.717) is 12.3 Å². The number of hydrogen-bond donors (Lipinski definition) is 2. The van der Waals surface area contributed by atoms with Crippen molar-refractivity contribution in [3.63, 3.8) is 0 Å². The average Bonchev–Trinajstić information content (AvgIpc) is 2.49. The van der Waals surface area contributed by atoms with E-state index < -0.39 is 0 Å². The fourth-order valence-electron chi connectivity index (χ4n) is 1.84. The maximum Gasteiger partial charge on any atom is 0.262 e. The molecular formula is C16H18N2O2. The Hall–Kier alpha value is -2.33. The Kier molecular flexibility index (Phi) is 5.15. The molecule has 4 heteroatoms. The zero-order chi connectivity index (χ0) is 14.2. The van der Waals surface area contributed by atoms with Crippen molar-refractivity contribution in [3.05, 3.63) is 60.2 Å². The van der Waals surface area contributed by atoms with Gasteiger partial charge in [0.1, 0.15) is 5.75 Å². The van der Waals surface area contributed by atoms with Crippen molar-refractivity contribution in [2.75, 3.05) is 19.0 Å². The van der Waals surface area contributed by atoms with Gasteiger partial charge in [0.05, 0.1) is 0 Å². The molecule has 0 heterocycles. The smallest absolute Gasteiger partial charge is 0.262 e. The molecule has 0 bridgehead atoms. The Labute approximate surface area is 118 Å². The van der Waals surface area contributed by atoms with E-state index in [2.05, 4.69) is 10.6 Å². The van der Waals surface area contributed by atoms with E-state index in [0.717, 1.165) is 11.3 Å². The standard InChI is InChI=1S/C16H18N2O2/c1-17-11-13-7-5-6-10-15(13)18-16(19)12-20-14-8-3-2-4-9-14/h2-10,17H,11-12H2,1H3,(H,18,19). The number of anilines is 1. The van der Waals surface area contributed by atoms with Crippen molar-refractivity contribution >= 4 is 11.6 Å². The van der Waals surface area contributed by atoms with Gasteiger partial charge in [0.25, 0.3) is 5.91 Å². The van der Waals surface area contributed by atoms with E-state index in [1.807, 2.05) is 61.6 Å². The molecule has 0 aliphatic heterocycles. The van der Waals surface area contributed by atoms with Crippen LogP contribution in [0, 0.1) is 0 Å². The van der Waals surface area contributed by atoms with Gasteiger partial charge in [-0.2, -0.15) is 0 Å².